The van der Waals surface area contributed by atoms with Crippen molar-refractivity contribution >= 4 is 16.0 Å². The summed E-state index contributed by atoms with van der Waals surface area (Å²) in [6, 6.07) is 2.47. The smallest absolute Gasteiger partial charge is 0.303 e. The maximum absolute atomic E-state index is 13.2. The normalized spacial score (nSPS) is 19.8. The molecule has 0 radical (unpaired) electrons. The van der Waals surface area contributed by atoms with Gasteiger partial charge in [0.1, 0.15) is 0 Å². The van der Waals surface area contributed by atoms with Crippen LogP contribution >= 0.6 is 0 Å². The predicted octanol–water partition coefficient (Wildman–Crippen LogP) is 1.84. The minimum atomic E-state index is -3.87. The Kier molecular flexibility index (Phi) is 4.58. The van der Waals surface area contributed by atoms with Crippen molar-refractivity contribution in [3.05, 3.63) is 29.8 Å². The number of sulfonamides is 1. The van der Waals surface area contributed by atoms with Gasteiger partial charge in [0.2, 0.25) is 10.0 Å². The molecule has 0 bridgehead atoms. The van der Waals surface area contributed by atoms with Crippen LogP contribution in [0.5, 0.6) is 0 Å². The predicted molar refractivity (Wildman–Crippen MR) is 70.1 cm³/mol. The Morgan fingerprint density at radius 2 is 2.05 bits per heavy atom. The van der Waals surface area contributed by atoms with Crippen molar-refractivity contribution in [2.45, 2.75) is 24.2 Å². The second-order valence-corrected chi connectivity index (χ2v) is 6.96. The van der Waals surface area contributed by atoms with E-state index in [0.29, 0.717) is 18.9 Å². The number of carbonyl (C=O) groups is 1. The van der Waals surface area contributed by atoms with Gasteiger partial charge in [-0.15, -0.1) is 0 Å². The summed E-state index contributed by atoms with van der Waals surface area (Å²) < 4.78 is 51.8. The molecule has 1 N–H and O–H groups in total. The van der Waals surface area contributed by atoms with Crippen molar-refractivity contribution in [2.75, 3.05) is 13.1 Å². The van der Waals surface area contributed by atoms with Crippen LogP contribution in [0.3, 0.4) is 0 Å². The molecular formula is C13H15F2NO4S. The number of rotatable bonds is 5. The molecule has 1 aliphatic rings. The first kappa shape index (κ1) is 15.8. The molecule has 1 heterocycles. The van der Waals surface area contributed by atoms with E-state index in [1.165, 1.54) is 4.31 Å². The molecule has 1 aromatic rings. The summed E-state index contributed by atoms with van der Waals surface area (Å²) in [5.41, 5.74) is 0. The number of aliphatic carboxylic acids is 1. The molecule has 116 valence electrons. The average molecular weight is 319 g/mol. The van der Waals surface area contributed by atoms with E-state index in [-0.39, 0.29) is 30.3 Å². The van der Waals surface area contributed by atoms with Gasteiger partial charge in [0.15, 0.2) is 11.6 Å². The van der Waals surface area contributed by atoms with E-state index in [1.807, 2.05) is 0 Å². The van der Waals surface area contributed by atoms with Gasteiger partial charge in [-0.25, -0.2) is 17.2 Å². The van der Waals surface area contributed by atoms with E-state index in [9.17, 15) is 22.0 Å². The topological polar surface area (TPSA) is 74.7 Å². The molecule has 8 heteroatoms. The molecule has 1 fully saturated rings. The number of carboxylic acids is 1. The lowest BCUT2D eigenvalue weighted by atomic mass is 10.0. The van der Waals surface area contributed by atoms with Crippen molar-refractivity contribution in [2.24, 2.45) is 5.92 Å². The third kappa shape index (κ3) is 3.56. The molecule has 1 aliphatic heterocycles. The highest BCUT2D eigenvalue weighted by Gasteiger charge is 2.33. The summed E-state index contributed by atoms with van der Waals surface area (Å²) in [7, 11) is -3.87. The molecule has 1 unspecified atom stereocenters. The number of carboxylic acid groups (broad SMARTS) is 1. The van der Waals surface area contributed by atoms with E-state index in [0.717, 1.165) is 12.1 Å². The molecule has 2 rings (SSSR count). The standard InChI is InChI=1S/C13H15F2NO4S/c14-11-3-2-10(7-12(11)15)21(19,20)16-6-5-9(8-16)1-4-13(17)18/h2-3,7,9H,1,4-6,8H2,(H,17,18). The minimum absolute atomic E-state index is 0.0102. The quantitative estimate of drug-likeness (QED) is 0.898. The molecule has 0 saturated carbocycles. The van der Waals surface area contributed by atoms with Crippen molar-refractivity contribution in [3.63, 3.8) is 0 Å². The molecule has 0 aliphatic carbocycles. The highest BCUT2D eigenvalue weighted by molar-refractivity contribution is 7.89. The monoisotopic (exact) mass is 319 g/mol. The van der Waals surface area contributed by atoms with Crippen LogP contribution in [0.15, 0.2) is 23.1 Å². The molecule has 1 atom stereocenters. The van der Waals surface area contributed by atoms with E-state index in [1.54, 1.807) is 0 Å². The number of hydrogen-bond donors (Lipinski definition) is 1. The van der Waals surface area contributed by atoms with Gasteiger partial charge in [-0.1, -0.05) is 0 Å². The third-order valence-electron chi connectivity index (χ3n) is 3.54. The summed E-state index contributed by atoms with van der Waals surface area (Å²) >= 11 is 0. The molecule has 21 heavy (non-hydrogen) atoms. The van der Waals surface area contributed by atoms with Crippen LogP contribution < -0.4 is 0 Å². The lowest BCUT2D eigenvalue weighted by Crippen LogP contribution is -2.29. The number of benzene rings is 1. The zero-order chi connectivity index (χ0) is 15.6. The second-order valence-electron chi connectivity index (χ2n) is 5.03. The van der Waals surface area contributed by atoms with Crippen LogP contribution in [-0.2, 0) is 14.8 Å². The van der Waals surface area contributed by atoms with E-state index < -0.39 is 27.6 Å². The summed E-state index contributed by atoms with van der Waals surface area (Å²) in [4.78, 5) is 10.2. The van der Waals surface area contributed by atoms with Gasteiger partial charge >= 0.3 is 5.97 Å². The van der Waals surface area contributed by atoms with E-state index in [2.05, 4.69) is 0 Å². The molecule has 0 aromatic heterocycles. The van der Waals surface area contributed by atoms with Gasteiger partial charge in [0, 0.05) is 19.5 Å². The molecule has 1 saturated heterocycles. The van der Waals surface area contributed by atoms with Gasteiger partial charge in [-0.3, -0.25) is 4.79 Å². The van der Waals surface area contributed by atoms with Crippen LogP contribution in [0.1, 0.15) is 19.3 Å². The lowest BCUT2D eigenvalue weighted by Gasteiger charge is -2.16. The zero-order valence-corrected chi connectivity index (χ0v) is 11.9. The first-order valence-corrected chi connectivity index (χ1v) is 7.91. The largest absolute Gasteiger partial charge is 0.481 e. The van der Waals surface area contributed by atoms with E-state index in [4.69, 9.17) is 5.11 Å². The third-order valence-corrected chi connectivity index (χ3v) is 5.41. The zero-order valence-electron chi connectivity index (χ0n) is 11.1. The van der Waals surface area contributed by atoms with Gasteiger partial charge in [-0.2, -0.15) is 4.31 Å². The fourth-order valence-corrected chi connectivity index (χ4v) is 3.91. The Morgan fingerprint density at radius 1 is 1.33 bits per heavy atom. The Balaban J connectivity index is 2.10. The Hall–Kier alpha value is -1.54. The van der Waals surface area contributed by atoms with Crippen molar-refractivity contribution in [3.8, 4) is 0 Å². The summed E-state index contributed by atoms with van der Waals surface area (Å²) in [6.07, 6.45) is 0.957. The van der Waals surface area contributed by atoms with Crippen LogP contribution in [0.2, 0.25) is 0 Å². The lowest BCUT2D eigenvalue weighted by molar-refractivity contribution is -0.137. The number of nitrogens with zero attached hydrogens (tertiary/aromatic N) is 1. The molecule has 1 aromatic carbocycles. The van der Waals surface area contributed by atoms with Gasteiger partial charge < -0.3 is 5.11 Å². The van der Waals surface area contributed by atoms with Crippen LogP contribution in [-0.4, -0.2) is 36.9 Å². The first-order chi connectivity index (χ1) is 9.80. The van der Waals surface area contributed by atoms with E-state index >= 15 is 0 Å². The average Bonchev–Trinajstić information content (AvgIpc) is 2.89. The SMILES string of the molecule is O=C(O)CCC1CCN(S(=O)(=O)c2ccc(F)c(F)c2)C1. The molecule has 0 amide bonds. The fourth-order valence-electron chi connectivity index (χ4n) is 2.37. The highest BCUT2D eigenvalue weighted by Crippen LogP contribution is 2.27. The van der Waals surface area contributed by atoms with Gasteiger partial charge in [0.25, 0.3) is 0 Å². The first-order valence-electron chi connectivity index (χ1n) is 6.47. The minimum Gasteiger partial charge on any atom is -0.481 e. The van der Waals surface area contributed by atoms with Gasteiger partial charge in [0.05, 0.1) is 4.90 Å². The molecule has 5 nitrogen and oxygen atoms in total. The summed E-state index contributed by atoms with van der Waals surface area (Å²) in [5, 5.41) is 8.63. The Labute approximate surface area is 121 Å². The van der Waals surface area contributed by atoms with Crippen LogP contribution in [0.4, 0.5) is 8.78 Å². The fraction of sp³-hybridized carbons (Fsp3) is 0.462. The highest BCUT2D eigenvalue weighted by atomic mass is 32.2. The molecular weight excluding hydrogens is 304 g/mol. The Bertz CT molecular complexity index is 648. The summed E-state index contributed by atoms with van der Waals surface area (Å²) in [6.45, 7) is 0.459. The Morgan fingerprint density at radius 3 is 2.67 bits per heavy atom. The van der Waals surface area contributed by atoms with Gasteiger partial charge in [-0.05, 0) is 37.0 Å². The van der Waals surface area contributed by atoms with Crippen LogP contribution in [0, 0.1) is 17.6 Å². The van der Waals surface area contributed by atoms with Crippen molar-refractivity contribution < 1.29 is 27.1 Å². The van der Waals surface area contributed by atoms with Crippen LogP contribution in [0.25, 0.3) is 0 Å². The maximum atomic E-state index is 13.2. The maximum Gasteiger partial charge on any atom is 0.303 e. The summed E-state index contributed by atoms with van der Waals surface area (Å²) in [5.74, 6) is -3.26. The molecule has 0 spiro atoms. The number of halogens is 2. The second kappa shape index (κ2) is 6.07. The van der Waals surface area contributed by atoms with Crippen molar-refractivity contribution in [1.29, 1.82) is 0 Å². The van der Waals surface area contributed by atoms with Crippen molar-refractivity contribution in [1.82, 2.24) is 4.31 Å². The number of hydrogen-bond acceptors (Lipinski definition) is 3.